The molecule has 2 rings (SSSR count). The van der Waals surface area contributed by atoms with E-state index < -0.39 is 17.6 Å². The molecule has 0 atom stereocenters. The van der Waals surface area contributed by atoms with Crippen LogP contribution in [0.1, 0.15) is 10.4 Å². The average molecular weight is 353 g/mol. The second kappa shape index (κ2) is 8.16. The van der Waals surface area contributed by atoms with Gasteiger partial charge in [-0.3, -0.25) is 20.4 Å². The van der Waals surface area contributed by atoms with Crippen LogP contribution >= 0.6 is 11.6 Å². The van der Waals surface area contributed by atoms with Gasteiger partial charge in [-0.25, -0.2) is 4.39 Å². The van der Waals surface area contributed by atoms with E-state index in [-0.39, 0.29) is 17.9 Å². The summed E-state index contributed by atoms with van der Waals surface area (Å²) < 4.78 is 23.5. The first-order chi connectivity index (χ1) is 11.5. The van der Waals surface area contributed by atoms with Gasteiger partial charge >= 0.3 is 0 Å². The first-order valence-electron chi connectivity index (χ1n) is 6.81. The SMILES string of the molecule is COc1ccc(C(=O)NNC(=O)COc2ccccc2Cl)cc1F. The Hall–Kier alpha value is -2.80. The van der Waals surface area contributed by atoms with E-state index >= 15 is 0 Å². The van der Waals surface area contributed by atoms with Crippen LogP contribution in [0.4, 0.5) is 4.39 Å². The van der Waals surface area contributed by atoms with Gasteiger partial charge in [0.05, 0.1) is 12.1 Å². The van der Waals surface area contributed by atoms with Gasteiger partial charge in [-0.15, -0.1) is 0 Å². The summed E-state index contributed by atoms with van der Waals surface area (Å²) in [5, 5.41) is 0.364. The largest absolute Gasteiger partial charge is 0.494 e. The van der Waals surface area contributed by atoms with Crippen LogP contribution < -0.4 is 20.3 Å². The fraction of sp³-hybridized carbons (Fsp3) is 0.125. The summed E-state index contributed by atoms with van der Waals surface area (Å²) in [4.78, 5) is 23.5. The number of ether oxygens (including phenoxy) is 2. The highest BCUT2D eigenvalue weighted by atomic mass is 35.5. The van der Waals surface area contributed by atoms with Crippen LogP contribution in [0.5, 0.6) is 11.5 Å². The molecule has 8 heteroatoms. The Labute approximate surface area is 142 Å². The summed E-state index contributed by atoms with van der Waals surface area (Å²) in [5.41, 5.74) is 4.34. The third kappa shape index (κ3) is 4.60. The molecule has 6 nitrogen and oxygen atoms in total. The molecule has 2 aromatic carbocycles. The summed E-state index contributed by atoms with van der Waals surface area (Å²) in [6.07, 6.45) is 0. The van der Waals surface area contributed by atoms with Gasteiger partial charge in [-0.05, 0) is 30.3 Å². The number of carbonyl (C=O) groups is 2. The van der Waals surface area contributed by atoms with E-state index in [1.54, 1.807) is 24.3 Å². The minimum atomic E-state index is -0.682. The van der Waals surface area contributed by atoms with Gasteiger partial charge in [0.1, 0.15) is 5.75 Å². The van der Waals surface area contributed by atoms with Crippen molar-refractivity contribution in [1.29, 1.82) is 0 Å². The van der Waals surface area contributed by atoms with Crippen LogP contribution in [0.25, 0.3) is 0 Å². The number of nitrogens with one attached hydrogen (secondary N) is 2. The molecule has 0 bridgehead atoms. The number of para-hydroxylation sites is 1. The Kier molecular flexibility index (Phi) is 5.97. The Balaban J connectivity index is 1.84. The minimum Gasteiger partial charge on any atom is -0.494 e. The molecular weight excluding hydrogens is 339 g/mol. The average Bonchev–Trinajstić information content (AvgIpc) is 2.58. The Morgan fingerprint density at radius 2 is 1.88 bits per heavy atom. The summed E-state index contributed by atoms with van der Waals surface area (Å²) in [6.45, 7) is -0.346. The van der Waals surface area contributed by atoms with Gasteiger partial charge < -0.3 is 9.47 Å². The minimum absolute atomic E-state index is 0.0173. The zero-order valence-corrected chi connectivity index (χ0v) is 13.4. The standard InChI is InChI=1S/C16H14ClFN2O4/c1-23-14-7-6-10(8-12(14)18)16(22)20-19-15(21)9-24-13-5-3-2-4-11(13)17/h2-8H,9H2,1H3,(H,19,21)(H,20,22). The second-order valence-corrected chi connectivity index (χ2v) is 4.98. The van der Waals surface area contributed by atoms with E-state index in [1.807, 2.05) is 0 Å². The van der Waals surface area contributed by atoms with Gasteiger partial charge in [-0.1, -0.05) is 23.7 Å². The molecule has 0 saturated carbocycles. The lowest BCUT2D eigenvalue weighted by Crippen LogP contribution is -2.43. The summed E-state index contributed by atoms with van der Waals surface area (Å²) >= 11 is 5.88. The molecule has 0 unspecified atom stereocenters. The predicted octanol–water partition coefficient (Wildman–Crippen LogP) is 2.33. The van der Waals surface area contributed by atoms with Crippen LogP contribution in [0, 0.1) is 5.82 Å². The maximum atomic E-state index is 13.5. The zero-order chi connectivity index (χ0) is 17.5. The van der Waals surface area contributed by atoms with Crippen molar-refractivity contribution in [2.75, 3.05) is 13.7 Å². The summed E-state index contributed by atoms with van der Waals surface area (Å²) in [5.74, 6) is -1.60. The molecule has 0 radical (unpaired) electrons. The monoisotopic (exact) mass is 352 g/mol. The van der Waals surface area contributed by atoms with Crippen LogP contribution in [-0.4, -0.2) is 25.5 Å². The van der Waals surface area contributed by atoms with Crippen molar-refractivity contribution in [1.82, 2.24) is 10.9 Å². The lowest BCUT2D eigenvalue weighted by molar-refractivity contribution is -0.123. The Bertz CT molecular complexity index is 755. The molecule has 0 aromatic heterocycles. The van der Waals surface area contributed by atoms with E-state index in [0.29, 0.717) is 10.8 Å². The Morgan fingerprint density at radius 1 is 1.12 bits per heavy atom. The van der Waals surface area contributed by atoms with Crippen LogP contribution in [0.15, 0.2) is 42.5 Å². The van der Waals surface area contributed by atoms with Crippen LogP contribution in [0.3, 0.4) is 0 Å². The highest BCUT2D eigenvalue weighted by Crippen LogP contribution is 2.22. The lowest BCUT2D eigenvalue weighted by atomic mass is 10.2. The molecule has 0 heterocycles. The van der Waals surface area contributed by atoms with E-state index in [1.165, 1.54) is 19.2 Å². The van der Waals surface area contributed by atoms with Crippen molar-refractivity contribution in [3.8, 4) is 11.5 Å². The number of benzene rings is 2. The fourth-order valence-corrected chi connectivity index (χ4v) is 1.94. The molecule has 0 spiro atoms. The molecule has 0 fully saturated rings. The predicted molar refractivity (Wildman–Crippen MR) is 85.5 cm³/mol. The van der Waals surface area contributed by atoms with Gasteiger partial charge in [-0.2, -0.15) is 0 Å². The molecule has 0 aliphatic rings. The highest BCUT2D eigenvalue weighted by molar-refractivity contribution is 6.32. The molecule has 24 heavy (non-hydrogen) atoms. The summed E-state index contributed by atoms with van der Waals surface area (Å²) in [6, 6.07) is 10.3. The van der Waals surface area contributed by atoms with E-state index in [2.05, 4.69) is 10.9 Å². The van der Waals surface area contributed by atoms with Crippen molar-refractivity contribution < 1.29 is 23.5 Å². The number of hydrogen-bond acceptors (Lipinski definition) is 4. The topological polar surface area (TPSA) is 76.7 Å². The molecule has 126 valence electrons. The number of amides is 2. The first-order valence-corrected chi connectivity index (χ1v) is 7.19. The molecule has 2 amide bonds. The van der Waals surface area contributed by atoms with Crippen molar-refractivity contribution in [3.63, 3.8) is 0 Å². The van der Waals surface area contributed by atoms with Gasteiger partial charge in [0.25, 0.3) is 11.8 Å². The van der Waals surface area contributed by atoms with Gasteiger partial charge in [0.15, 0.2) is 18.2 Å². The van der Waals surface area contributed by atoms with Gasteiger partial charge in [0, 0.05) is 5.56 Å². The van der Waals surface area contributed by atoms with Crippen LogP contribution in [-0.2, 0) is 4.79 Å². The zero-order valence-electron chi connectivity index (χ0n) is 12.6. The number of hydrogen-bond donors (Lipinski definition) is 2. The molecule has 0 saturated heterocycles. The van der Waals surface area contributed by atoms with Crippen molar-refractivity contribution in [3.05, 3.63) is 58.9 Å². The van der Waals surface area contributed by atoms with E-state index in [9.17, 15) is 14.0 Å². The number of rotatable bonds is 5. The second-order valence-electron chi connectivity index (χ2n) is 4.57. The number of hydrazine groups is 1. The Morgan fingerprint density at radius 3 is 2.54 bits per heavy atom. The highest BCUT2D eigenvalue weighted by Gasteiger charge is 2.11. The molecule has 2 N–H and O–H groups in total. The summed E-state index contributed by atoms with van der Waals surface area (Å²) in [7, 11) is 1.32. The van der Waals surface area contributed by atoms with E-state index in [4.69, 9.17) is 21.1 Å². The van der Waals surface area contributed by atoms with Gasteiger partial charge in [0.2, 0.25) is 0 Å². The van der Waals surface area contributed by atoms with Crippen molar-refractivity contribution in [2.24, 2.45) is 0 Å². The normalized spacial score (nSPS) is 9.96. The van der Waals surface area contributed by atoms with E-state index in [0.717, 1.165) is 6.07 Å². The number of halogens is 2. The quantitative estimate of drug-likeness (QED) is 0.810. The molecule has 2 aromatic rings. The van der Waals surface area contributed by atoms with Crippen molar-refractivity contribution in [2.45, 2.75) is 0 Å². The lowest BCUT2D eigenvalue weighted by Gasteiger charge is -2.10. The van der Waals surface area contributed by atoms with Crippen molar-refractivity contribution >= 4 is 23.4 Å². The third-order valence-electron chi connectivity index (χ3n) is 2.92. The molecule has 0 aliphatic heterocycles. The fourth-order valence-electron chi connectivity index (χ4n) is 1.75. The molecular formula is C16H14ClFN2O4. The number of methoxy groups -OCH3 is 1. The molecule has 0 aliphatic carbocycles. The number of carbonyl (C=O) groups excluding carboxylic acids is 2. The third-order valence-corrected chi connectivity index (χ3v) is 3.24. The smallest absolute Gasteiger partial charge is 0.276 e. The van der Waals surface area contributed by atoms with Crippen LogP contribution in [0.2, 0.25) is 5.02 Å². The maximum absolute atomic E-state index is 13.5. The maximum Gasteiger partial charge on any atom is 0.276 e. The first kappa shape index (κ1) is 17.6.